The fourth-order valence-electron chi connectivity index (χ4n) is 2.81. The fourth-order valence-corrected chi connectivity index (χ4v) is 3.01. The van der Waals surface area contributed by atoms with Crippen molar-refractivity contribution in [3.63, 3.8) is 0 Å². The number of halogens is 1. The summed E-state index contributed by atoms with van der Waals surface area (Å²) in [5.74, 6) is 1.40. The highest BCUT2D eigenvalue weighted by molar-refractivity contribution is 6.16. The Bertz CT molecular complexity index is 774. The third-order valence-corrected chi connectivity index (χ3v) is 4.28. The van der Waals surface area contributed by atoms with Crippen LogP contribution in [0, 0.1) is 13.8 Å². The molecule has 0 unspecified atom stereocenters. The standard InChI is InChI=1S/C18H19ClN2/c1-13-6-3-4-8-15(13)10-11-21-16-9-5-7-14(2)18(16)20-17(21)12-19/h3-9H,10-12H2,1-2H3. The molecule has 3 aromatic rings. The Hall–Kier alpha value is -1.80. The zero-order valence-electron chi connectivity index (χ0n) is 12.4. The van der Waals surface area contributed by atoms with Crippen molar-refractivity contribution in [1.82, 2.24) is 9.55 Å². The molecule has 0 aliphatic heterocycles. The van der Waals surface area contributed by atoms with Gasteiger partial charge in [-0.3, -0.25) is 0 Å². The number of hydrogen-bond acceptors (Lipinski definition) is 1. The molecule has 2 nitrogen and oxygen atoms in total. The van der Waals surface area contributed by atoms with Gasteiger partial charge in [-0.25, -0.2) is 4.98 Å². The first-order chi connectivity index (χ1) is 10.2. The number of aryl methyl sites for hydroxylation is 4. The molecule has 1 aromatic heterocycles. The summed E-state index contributed by atoms with van der Waals surface area (Å²) >= 11 is 6.09. The van der Waals surface area contributed by atoms with Crippen molar-refractivity contribution in [2.75, 3.05) is 0 Å². The van der Waals surface area contributed by atoms with Crippen LogP contribution in [0.4, 0.5) is 0 Å². The van der Waals surface area contributed by atoms with E-state index in [0.29, 0.717) is 5.88 Å². The highest BCUT2D eigenvalue weighted by Crippen LogP contribution is 2.21. The monoisotopic (exact) mass is 298 g/mol. The Morgan fingerprint density at radius 2 is 1.76 bits per heavy atom. The first-order valence-corrected chi connectivity index (χ1v) is 7.79. The van der Waals surface area contributed by atoms with Crippen LogP contribution < -0.4 is 0 Å². The second-order valence-electron chi connectivity index (χ2n) is 5.43. The van der Waals surface area contributed by atoms with E-state index in [1.54, 1.807) is 0 Å². The Morgan fingerprint density at radius 1 is 1.00 bits per heavy atom. The van der Waals surface area contributed by atoms with Gasteiger partial charge in [-0.1, -0.05) is 36.4 Å². The van der Waals surface area contributed by atoms with E-state index in [4.69, 9.17) is 16.6 Å². The maximum atomic E-state index is 6.09. The summed E-state index contributed by atoms with van der Waals surface area (Å²) in [7, 11) is 0. The van der Waals surface area contributed by atoms with Gasteiger partial charge in [0.2, 0.25) is 0 Å². The van der Waals surface area contributed by atoms with Crippen molar-refractivity contribution in [3.8, 4) is 0 Å². The van der Waals surface area contributed by atoms with E-state index in [0.717, 1.165) is 24.3 Å². The van der Waals surface area contributed by atoms with E-state index in [-0.39, 0.29) is 0 Å². The van der Waals surface area contributed by atoms with Crippen LogP contribution in [-0.4, -0.2) is 9.55 Å². The average Bonchev–Trinajstić information content (AvgIpc) is 2.86. The molecule has 0 saturated carbocycles. The first-order valence-electron chi connectivity index (χ1n) is 7.26. The number of alkyl halides is 1. The van der Waals surface area contributed by atoms with Crippen LogP contribution in [0.25, 0.3) is 11.0 Å². The zero-order valence-corrected chi connectivity index (χ0v) is 13.2. The highest BCUT2D eigenvalue weighted by Gasteiger charge is 2.11. The fraction of sp³-hybridized carbons (Fsp3) is 0.278. The minimum Gasteiger partial charge on any atom is -0.327 e. The van der Waals surface area contributed by atoms with Crippen molar-refractivity contribution < 1.29 is 0 Å². The van der Waals surface area contributed by atoms with Crippen LogP contribution in [0.15, 0.2) is 42.5 Å². The molecular formula is C18H19ClN2. The normalized spacial score (nSPS) is 11.2. The lowest BCUT2D eigenvalue weighted by Gasteiger charge is -2.10. The second-order valence-corrected chi connectivity index (χ2v) is 5.70. The number of benzene rings is 2. The maximum absolute atomic E-state index is 6.09. The largest absolute Gasteiger partial charge is 0.327 e. The third-order valence-electron chi connectivity index (χ3n) is 4.05. The van der Waals surface area contributed by atoms with Gasteiger partial charge in [0.1, 0.15) is 5.82 Å². The Labute approximate surface area is 130 Å². The summed E-state index contributed by atoms with van der Waals surface area (Å²) in [6, 6.07) is 14.8. The molecule has 21 heavy (non-hydrogen) atoms. The number of para-hydroxylation sites is 1. The highest BCUT2D eigenvalue weighted by atomic mass is 35.5. The van der Waals surface area contributed by atoms with Gasteiger partial charge in [-0.2, -0.15) is 0 Å². The van der Waals surface area contributed by atoms with Crippen molar-refractivity contribution in [1.29, 1.82) is 0 Å². The van der Waals surface area contributed by atoms with Crippen LogP contribution >= 0.6 is 11.6 Å². The van der Waals surface area contributed by atoms with Gasteiger partial charge in [0.25, 0.3) is 0 Å². The molecule has 1 heterocycles. The number of fused-ring (bicyclic) bond motifs is 1. The molecule has 0 amide bonds. The lowest BCUT2D eigenvalue weighted by Crippen LogP contribution is -2.05. The predicted molar refractivity (Wildman–Crippen MR) is 88.9 cm³/mol. The molecule has 3 rings (SSSR count). The molecule has 0 fully saturated rings. The summed E-state index contributed by atoms with van der Waals surface area (Å²) in [5.41, 5.74) is 6.17. The van der Waals surface area contributed by atoms with Gasteiger partial charge in [0.05, 0.1) is 16.9 Å². The molecule has 0 aliphatic rings. The van der Waals surface area contributed by atoms with E-state index < -0.39 is 0 Å². The molecular weight excluding hydrogens is 280 g/mol. The van der Waals surface area contributed by atoms with Gasteiger partial charge >= 0.3 is 0 Å². The molecule has 0 N–H and O–H groups in total. The van der Waals surface area contributed by atoms with E-state index >= 15 is 0 Å². The van der Waals surface area contributed by atoms with Gasteiger partial charge < -0.3 is 4.57 Å². The van der Waals surface area contributed by atoms with Crippen LogP contribution in [0.3, 0.4) is 0 Å². The van der Waals surface area contributed by atoms with E-state index in [9.17, 15) is 0 Å². The Balaban J connectivity index is 1.97. The lowest BCUT2D eigenvalue weighted by atomic mass is 10.1. The molecule has 0 atom stereocenters. The van der Waals surface area contributed by atoms with E-state index in [1.165, 1.54) is 22.2 Å². The first kappa shape index (κ1) is 14.2. The molecule has 0 spiro atoms. The smallest absolute Gasteiger partial charge is 0.124 e. The number of imidazole rings is 1. The van der Waals surface area contributed by atoms with Gasteiger partial charge in [0, 0.05) is 6.54 Å². The SMILES string of the molecule is Cc1ccccc1CCn1c(CCl)nc2c(C)cccc21. The lowest BCUT2D eigenvalue weighted by molar-refractivity contribution is 0.686. The number of aromatic nitrogens is 2. The summed E-state index contributed by atoms with van der Waals surface area (Å²) < 4.78 is 2.25. The summed E-state index contributed by atoms with van der Waals surface area (Å²) in [6.07, 6.45) is 0.996. The Morgan fingerprint density at radius 3 is 2.52 bits per heavy atom. The molecule has 2 aromatic carbocycles. The van der Waals surface area contributed by atoms with Crippen LogP contribution in [0.1, 0.15) is 22.5 Å². The molecule has 108 valence electrons. The van der Waals surface area contributed by atoms with Gasteiger partial charge in [0.15, 0.2) is 0 Å². The molecule has 0 saturated heterocycles. The summed E-state index contributed by atoms with van der Waals surface area (Å²) in [4.78, 5) is 4.70. The summed E-state index contributed by atoms with van der Waals surface area (Å²) in [6.45, 7) is 5.17. The number of nitrogens with zero attached hydrogens (tertiary/aromatic N) is 2. The number of hydrogen-bond donors (Lipinski definition) is 0. The third kappa shape index (κ3) is 2.68. The minimum absolute atomic E-state index is 0.446. The quantitative estimate of drug-likeness (QED) is 0.642. The minimum atomic E-state index is 0.446. The van der Waals surface area contributed by atoms with E-state index in [2.05, 4.69) is 60.9 Å². The molecule has 3 heteroatoms. The van der Waals surface area contributed by atoms with Crippen molar-refractivity contribution in [2.24, 2.45) is 0 Å². The Kier molecular flexibility index (Phi) is 3.98. The summed E-state index contributed by atoms with van der Waals surface area (Å²) in [5, 5.41) is 0. The predicted octanol–water partition coefficient (Wildman–Crippen LogP) is 4.63. The van der Waals surface area contributed by atoms with Gasteiger partial charge in [-0.05, 0) is 43.0 Å². The van der Waals surface area contributed by atoms with Crippen molar-refractivity contribution in [3.05, 3.63) is 65.0 Å². The van der Waals surface area contributed by atoms with Crippen molar-refractivity contribution >= 4 is 22.6 Å². The van der Waals surface area contributed by atoms with Crippen LogP contribution in [0.5, 0.6) is 0 Å². The second kappa shape index (κ2) is 5.90. The van der Waals surface area contributed by atoms with Crippen LogP contribution in [0.2, 0.25) is 0 Å². The van der Waals surface area contributed by atoms with Crippen molar-refractivity contribution in [2.45, 2.75) is 32.7 Å². The molecule has 0 aliphatic carbocycles. The maximum Gasteiger partial charge on any atom is 0.124 e. The average molecular weight is 299 g/mol. The van der Waals surface area contributed by atoms with Crippen LogP contribution in [-0.2, 0) is 18.8 Å². The molecule has 0 bridgehead atoms. The topological polar surface area (TPSA) is 17.8 Å². The zero-order chi connectivity index (χ0) is 14.8. The molecule has 0 radical (unpaired) electrons. The van der Waals surface area contributed by atoms with Gasteiger partial charge in [-0.15, -0.1) is 11.6 Å². The van der Waals surface area contributed by atoms with E-state index in [1.807, 2.05) is 0 Å². The number of rotatable bonds is 4.